The number of amides is 2. The van der Waals surface area contributed by atoms with Crippen LogP contribution < -0.4 is 5.32 Å². The Morgan fingerprint density at radius 2 is 1.63 bits per heavy atom. The second kappa shape index (κ2) is 8.29. The van der Waals surface area contributed by atoms with Crippen LogP contribution in [0.1, 0.15) is 12.0 Å². The van der Waals surface area contributed by atoms with E-state index in [1.807, 2.05) is 6.92 Å². The lowest BCUT2D eigenvalue weighted by atomic mass is 10.2. The summed E-state index contributed by atoms with van der Waals surface area (Å²) in [5.74, 6) is 0. The quantitative estimate of drug-likeness (QED) is 0.845. The van der Waals surface area contributed by atoms with E-state index in [9.17, 15) is 13.2 Å². The molecule has 8 heteroatoms. The minimum absolute atomic E-state index is 0.244. The van der Waals surface area contributed by atoms with Gasteiger partial charge in [0.2, 0.25) is 10.0 Å². The average Bonchev–Trinajstić information content (AvgIpc) is 2.91. The first-order valence-electron chi connectivity index (χ1n) is 8.74. The molecule has 0 radical (unpaired) electrons. The number of carbonyl (C=O) groups excluding carboxylic acids is 1. The van der Waals surface area contributed by atoms with E-state index >= 15 is 0 Å². The summed E-state index contributed by atoms with van der Waals surface area (Å²) in [6.45, 7) is 3.41. The van der Waals surface area contributed by atoms with Crippen LogP contribution in [0.25, 0.3) is 0 Å². The molecule has 0 saturated carbocycles. The number of carbonyl (C=O) groups is 1. The van der Waals surface area contributed by atoms with Gasteiger partial charge in [0.15, 0.2) is 0 Å². The molecule has 0 unspecified atom stereocenters. The number of aryl methyl sites for hydroxylation is 1. The van der Waals surface area contributed by atoms with E-state index in [1.54, 1.807) is 53.4 Å². The second-order valence-electron chi connectivity index (χ2n) is 6.49. The third-order valence-electron chi connectivity index (χ3n) is 4.50. The molecule has 2 aromatic carbocycles. The predicted molar refractivity (Wildman–Crippen MR) is 107 cm³/mol. The van der Waals surface area contributed by atoms with E-state index in [2.05, 4.69) is 5.32 Å². The van der Waals surface area contributed by atoms with Crippen LogP contribution in [0.4, 0.5) is 10.5 Å². The van der Waals surface area contributed by atoms with Gasteiger partial charge in [-0.2, -0.15) is 4.31 Å². The Morgan fingerprint density at radius 3 is 2.30 bits per heavy atom. The van der Waals surface area contributed by atoms with Gasteiger partial charge in [0.1, 0.15) is 0 Å². The Bertz CT molecular complexity index is 899. The van der Waals surface area contributed by atoms with Gasteiger partial charge in [-0.3, -0.25) is 0 Å². The molecule has 144 valence electrons. The third kappa shape index (κ3) is 4.80. The predicted octanol–water partition coefficient (Wildman–Crippen LogP) is 3.58. The van der Waals surface area contributed by atoms with Crippen molar-refractivity contribution in [3.63, 3.8) is 0 Å². The molecular weight excluding hydrogens is 386 g/mol. The second-order valence-corrected chi connectivity index (χ2v) is 8.87. The summed E-state index contributed by atoms with van der Waals surface area (Å²) in [4.78, 5) is 14.4. The number of hydrogen-bond donors (Lipinski definition) is 1. The van der Waals surface area contributed by atoms with Crippen LogP contribution >= 0.6 is 11.6 Å². The molecular formula is C19H22ClN3O3S. The summed E-state index contributed by atoms with van der Waals surface area (Å²) in [5.41, 5.74) is 1.66. The number of halogens is 1. The zero-order chi connectivity index (χ0) is 19.4. The summed E-state index contributed by atoms with van der Waals surface area (Å²) in [5, 5.41) is 3.42. The molecule has 27 heavy (non-hydrogen) atoms. The summed E-state index contributed by atoms with van der Waals surface area (Å²) in [7, 11) is -3.55. The number of anilines is 1. The van der Waals surface area contributed by atoms with Crippen molar-refractivity contribution in [1.29, 1.82) is 0 Å². The van der Waals surface area contributed by atoms with Crippen LogP contribution in [0.15, 0.2) is 53.4 Å². The first-order valence-corrected chi connectivity index (χ1v) is 10.6. The highest BCUT2D eigenvalue weighted by Gasteiger charge is 2.28. The van der Waals surface area contributed by atoms with Crippen molar-refractivity contribution in [2.24, 2.45) is 0 Å². The van der Waals surface area contributed by atoms with Gasteiger partial charge in [0.25, 0.3) is 0 Å². The van der Waals surface area contributed by atoms with Crippen LogP contribution in [0, 0.1) is 6.92 Å². The van der Waals surface area contributed by atoms with Crippen molar-refractivity contribution >= 4 is 33.3 Å². The fourth-order valence-electron chi connectivity index (χ4n) is 2.93. The lowest BCUT2D eigenvalue weighted by Gasteiger charge is -2.22. The van der Waals surface area contributed by atoms with E-state index in [4.69, 9.17) is 11.6 Å². The SMILES string of the molecule is Cc1ccc(S(=O)(=O)N2CCCN(C(=O)Nc3ccc(Cl)cc3)CC2)cc1. The fraction of sp³-hybridized carbons (Fsp3) is 0.316. The van der Waals surface area contributed by atoms with E-state index in [1.165, 1.54) is 4.31 Å². The van der Waals surface area contributed by atoms with Gasteiger partial charge in [-0.05, 0) is 49.7 Å². The number of hydrogen-bond acceptors (Lipinski definition) is 3. The average molecular weight is 408 g/mol. The molecule has 1 N–H and O–H groups in total. The van der Waals surface area contributed by atoms with Gasteiger partial charge in [-0.25, -0.2) is 13.2 Å². The van der Waals surface area contributed by atoms with Gasteiger partial charge in [0.05, 0.1) is 4.90 Å². The van der Waals surface area contributed by atoms with Crippen molar-refractivity contribution in [2.75, 3.05) is 31.5 Å². The normalized spacial score (nSPS) is 16.0. The lowest BCUT2D eigenvalue weighted by Crippen LogP contribution is -2.39. The highest BCUT2D eigenvalue weighted by molar-refractivity contribution is 7.89. The standard InChI is InChI=1S/C19H22ClN3O3S/c1-15-3-9-18(10-4-15)27(25,26)23-12-2-11-22(13-14-23)19(24)21-17-7-5-16(20)6-8-17/h3-10H,2,11-14H2,1H3,(H,21,24). The van der Waals surface area contributed by atoms with E-state index in [0.717, 1.165) is 5.56 Å². The third-order valence-corrected chi connectivity index (χ3v) is 6.66. The van der Waals surface area contributed by atoms with Crippen molar-refractivity contribution in [3.05, 3.63) is 59.1 Å². The van der Waals surface area contributed by atoms with Crippen LogP contribution in [-0.4, -0.2) is 49.8 Å². The summed E-state index contributed by atoms with van der Waals surface area (Å²) in [6, 6.07) is 13.4. The van der Waals surface area contributed by atoms with E-state index in [0.29, 0.717) is 36.8 Å². The number of urea groups is 1. The Labute approximate surface area is 164 Å². The van der Waals surface area contributed by atoms with Crippen molar-refractivity contribution in [1.82, 2.24) is 9.21 Å². The van der Waals surface area contributed by atoms with Gasteiger partial charge in [0, 0.05) is 36.9 Å². The number of sulfonamides is 1. The Morgan fingerprint density at radius 1 is 0.963 bits per heavy atom. The van der Waals surface area contributed by atoms with Crippen molar-refractivity contribution in [2.45, 2.75) is 18.2 Å². The van der Waals surface area contributed by atoms with Crippen LogP contribution in [0.5, 0.6) is 0 Å². The molecule has 6 nitrogen and oxygen atoms in total. The van der Waals surface area contributed by atoms with E-state index < -0.39 is 10.0 Å². The Kier molecular flexibility index (Phi) is 6.04. The highest BCUT2D eigenvalue weighted by Crippen LogP contribution is 2.19. The molecule has 2 amide bonds. The van der Waals surface area contributed by atoms with Gasteiger partial charge in [-0.1, -0.05) is 29.3 Å². The first kappa shape index (κ1) is 19.7. The van der Waals surface area contributed by atoms with Gasteiger partial charge in [-0.15, -0.1) is 0 Å². The molecule has 1 aliphatic heterocycles. The maximum Gasteiger partial charge on any atom is 0.321 e. The van der Waals surface area contributed by atoms with Gasteiger partial charge < -0.3 is 10.2 Å². The Balaban J connectivity index is 1.65. The van der Waals surface area contributed by atoms with Gasteiger partial charge >= 0.3 is 6.03 Å². The minimum atomic E-state index is -3.55. The van der Waals surface area contributed by atoms with Crippen LogP contribution in [0.2, 0.25) is 5.02 Å². The number of nitrogens with zero attached hydrogens (tertiary/aromatic N) is 2. The fourth-order valence-corrected chi connectivity index (χ4v) is 4.53. The molecule has 1 fully saturated rings. The van der Waals surface area contributed by atoms with Crippen molar-refractivity contribution in [3.8, 4) is 0 Å². The first-order chi connectivity index (χ1) is 12.9. The lowest BCUT2D eigenvalue weighted by molar-refractivity contribution is 0.214. The van der Waals surface area contributed by atoms with Crippen LogP contribution in [0.3, 0.4) is 0 Å². The molecule has 0 atom stereocenters. The summed E-state index contributed by atoms with van der Waals surface area (Å²) < 4.78 is 27.1. The van der Waals surface area contributed by atoms with Crippen molar-refractivity contribution < 1.29 is 13.2 Å². The maximum atomic E-state index is 12.8. The highest BCUT2D eigenvalue weighted by atomic mass is 35.5. The smallest absolute Gasteiger partial charge is 0.321 e. The molecule has 0 aliphatic carbocycles. The minimum Gasteiger partial charge on any atom is -0.323 e. The zero-order valence-electron chi connectivity index (χ0n) is 15.1. The molecule has 0 bridgehead atoms. The number of nitrogens with one attached hydrogen (secondary N) is 1. The number of rotatable bonds is 3. The number of benzene rings is 2. The Hall–Kier alpha value is -2.09. The van der Waals surface area contributed by atoms with Crippen LogP contribution in [-0.2, 0) is 10.0 Å². The summed E-state index contributed by atoms with van der Waals surface area (Å²) >= 11 is 5.85. The maximum absolute atomic E-state index is 12.8. The summed E-state index contributed by atoms with van der Waals surface area (Å²) in [6.07, 6.45) is 0.582. The molecule has 3 rings (SSSR count). The van der Waals surface area contributed by atoms with E-state index in [-0.39, 0.29) is 17.5 Å². The zero-order valence-corrected chi connectivity index (χ0v) is 16.6. The molecule has 1 saturated heterocycles. The monoisotopic (exact) mass is 407 g/mol. The molecule has 1 heterocycles. The topological polar surface area (TPSA) is 69.7 Å². The molecule has 0 aromatic heterocycles. The molecule has 2 aromatic rings. The molecule has 0 spiro atoms. The largest absolute Gasteiger partial charge is 0.323 e. The molecule has 1 aliphatic rings.